The quantitative estimate of drug-likeness (QED) is 0.612. The molecule has 0 radical (unpaired) electrons. The monoisotopic (exact) mass is 246 g/mol. The molecule has 17 heavy (non-hydrogen) atoms. The summed E-state index contributed by atoms with van der Waals surface area (Å²) >= 11 is 0. The lowest BCUT2D eigenvalue weighted by atomic mass is 10.2. The molecule has 0 aliphatic carbocycles. The second kappa shape index (κ2) is 6.09. The number of alkyl halides is 2. The summed E-state index contributed by atoms with van der Waals surface area (Å²) in [5, 5.41) is 19.5. The number of aliphatic hydroxyl groups excluding tert-OH is 1. The highest BCUT2D eigenvalue weighted by Crippen LogP contribution is 2.27. The Morgan fingerprint density at radius 2 is 2.06 bits per heavy atom. The van der Waals surface area contributed by atoms with E-state index in [-0.39, 0.29) is 24.5 Å². The Morgan fingerprint density at radius 1 is 1.41 bits per heavy atom. The molecule has 0 aliphatic heterocycles. The number of hydrogen-bond donors (Lipinski definition) is 1. The minimum absolute atomic E-state index is 0.0742. The number of rotatable bonds is 6. The van der Waals surface area contributed by atoms with Crippen LogP contribution in [0.5, 0.6) is 0 Å². The fourth-order valence-corrected chi connectivity index (χ4v) is 1.48. The molecule has 7 heteroatoms. The lowest BCUT2D eigenvalue weighted by Crippen LogP contribution is -2.32. The summed E-state index contributed by atoms with van der Waals surface area (Å²) in [7, 11) is 0. The SMILES string of the molecule is O=[N+]([O-])c1ccccc1N(CCO)CC(F)F. The van der Waals surface area contributed by atoms with Crippen LogP contribution in [0.2, 0.25) is 0 Å². The molecule has 0 bridgehead atoms. The largest absolute Gasteiger partial charge is 0.395 e. The van der Waals surface area contributed by atoms with Crippen molar-refractivity contribution < 1.29 is 18.8 Å². The average molecular weight is 246 g/mol. The fourth-order valence-electron chi connectivity index (χ4n) is 1.48. The van der Waals surface area contributed by atoms with Gasteiger partial charge in [-0.15, -0.1) is 0 Å². The summed E-state index contributed by atoms with van der Waals surface area (Å²) in [6.07, 6.45) is -2.62. The van der Waals surface area contributed by atoms with E-state index in [1.807, 2.05) is 0 Å². The van der Waals surface area contributed by atoms with Crippen molar-refractivity contribution in [3.8, 4) is 0 Å². The van der Waals surface area contributed by atoms with Gasteiger partial charge in [-0.3, -0.25) is 10.1 Å². The maximum absolute atomic E-state index is 12.3. The molecule has 0 aliphatic rings. The molecule has 0 spiro atoms. The second-order valence-corrected chi connectivity index (χ2v) is 3.31. The molecule has 0 unspecified atom stereocenters. The van der Waals surface area contributed by atoms with Gasteiger partial charge in [0.15, 0.2) is 0 Å². The summed E-state index contributed by atoms with van der Waals surface area (Å²) in [4.78, 5) is 11.2. The van der Waals surface area contributed by atoms with Crippen LogP contribution in [0, 0.1) is 10.1 Å². The third kappa shape index (κ3) is 3.63. The number of halogens is 2. The van der Waals surface area contributed by atoms with Crippen LogP contribution >= 0.6 is 0 Å². The highest BCUT2D eigenvalue weighted by atomic mass is 19.3. The summed E-state index contributed by atoms with van der Waals surface area (Å²) in [5.74, 6) is 0. The van der Waals surface area contributed by atoms with E-state index in [1.165, 1.54) is 24.3 Å². The van der Waals surface area contributed by atoms with Crippen molar-refractivity contribution >= 4 is 11.4 Å². The minimum Gasteiger partial charge on any atom is -0.395 e. The topological polar surface area (TPSA) is 66.6 Å². The van der Waals surface area contributed by atoms with E-state index in [4.69, 9.17) is 5.11 Å². The molecule has 0 amide bonds. The number of hydrogen-bond acceptors (Lipinski definition) is 4. The van der Waals surface area contributed by atoms with Crippen molar-refractivity contribution in [2.75, 3.05) is 24.6 Å². The summed E-state index contributed by atoms with van der Waals surface area (Å²) in [6.45, 7) is -1.07. The van der Waals surface area contributed by atoms with E-state index in [0.717, 1.165) is 4.90 Å². The van der Waals surface area contributed by atoms with Gasteiger partial charge in [-0.05, 0) is 6.07 Å². The number of aliphatic hydroxyl groups is 1. The first-order chi connectivity index (χ1) is 8.06. The molecule has 5 nitrogen and oxygen atoms in total. The van der Waals surface area contributed by atoms with Crippen LogP contribution in [0.3, 0.4) is 0 Å². The zero-order chi connectivity index (χ0) is 12.8. The van der Waals surface area contributed by atoms with Gasteiger partial charge in [-0.2, -0.15) is 0 Å². The Bertz CT molecular complexity index is 388. The number of benzene rings is 1. The molecule has 0 heterocycles. The van der Waals surface area contributed by atoms with Gasteiger partial charge in [-0.25, -0.2) is 8.78 Å². The standard InChI is InChI=1S/C10H12F2N2O3/c11-10(12)7-13(5-6-15)8-3-1-2-4-9(8)14(16)17/h1-4,10,15H,5-7H2. The lowest BCUT2D eigenvalue weighted by Gasteiger charge is -2.22. The number of nitrogens with zero attached hydrogens (tertiary/aromatic N) is 2. The minimum atomic E-state index is -2.62. The van der Waals surface area contributed by atoms with Gasteiger partial charge < -0.3 is 10.0 Å². The zero-order valence-corrected chi connectivity index (χ0v) is 8.92. The van der Waals surface area contributed by atoms with Gasteiger partial charge in [0.2, 0.25) is 0 Å². The van der Waals surface area contributed by atoms with Gasteiger partial charge >= 0.3 is 0 Å². The van der Waals surface area contributed by atoms with E-state index < -0.39 is 17.9 Å². The number of nitro benzene ring substituents is 1. The van der Waals surface area contributed by atoms with E-state index in [0.29, 0.717) is 0 Å². The number of nitro groups is 1. The first kappa shape index (κ1) is 13.3. The third-order valence-corrected chi connectivity index (χ3v) is 2.15. The third-order valence-electron chi connectivity index (χ3n) is 2.15. The Kier molecular flexibility index (Phi) is 4.77. The predicted octanol–water partition coefficient (Wildman–Crippen LogP) is 1.66. The normalized spacial score (nSPS) is 10.6. The summed E-state index contributed by atoms with van der Waals surface area (Å²) < 4.78 is 24.7. The van der Waals surface area contributed by atoms with Crippen molar-refractivity contribution in [2.24, 2.45) is 0 Å². The Hall–Kier alpha value is -1.76. The molecule has 0 saturated carbocycles. The summed E-state index contributed by atoms with van der Waals surface area (Å²) in [6, 6.07) is 5.61. The van der Waals surface area contributed by atoms with E-state index >= 15 is 0 Å². The van der Waals surface area contributed by atoms with E-state index in [9.17, 15) is 18.9 Å². The van der Waals surface area contributed by atoms with Crippen LogP contribution in [0.1, 0.15) is 0 Å². The van der Waals surface area contributed by atoms with Gasteiger partial charge in [-0.1, -0.05) is 12.1 Å². The molecule has 94 valence electrons. The van der Waals surface area contributed by atoms with Crippen LogP contribution in [-0.2, 0) is 0 Å². The second-order valence-electron chi connectivity index (χ2n) is 3.31. The zero-order valence-electron chi connectivity index (χ0n) is 8.92. The lowest BCUT2D eigenvalue weighted by molar-refractivity contribution is -0.384. The molecular formula is C10H12F2N2O3. The Morgan fingerprint density at radius 3 is 2.59 bits per heavy atom. The van der Waals surface area contributed by atoms with E-state index in [2.05, 4.69) is 0 Å². The van der Waals surface area contributed by atoms with Crippen molar-refractivity contribution in [3.05, 3.63) is 34.4 Å². The van der Waals surface area contributed by atoms with E-state index in [1.54, 1.807) is 0 Å². The number of para-hydroxylation sites is 2. The smallest absolute Gasteiger partial charge is 0.292 e. The molecular weight excluding hydrogens is 234 g/mol. The summed E-state index contributed by atoms with van der Waals surface area (Å²) in [5.41, 5.74) is -0.159. The average Bonchev–Trinajstić information content (AvgIpc) is 2.28. The molecule has 0 saturated heterocycles. The molecule has 1 aromatic rings. The Balaban J connectivity index is 3.04. The maximum Gasteiger partial charge on any atom is 0.292 e. The van der Waals surface area contributed by atoms with Gasteiger partial charge in [0.25, 0.3) is 12.1 Å². The molecule has 1 N–H and O–H groups in total. The van der Waals surface area contributed by atoms with Gasteiger partial charge in [0.1, 0.15) is 5.69 Å². The van der Waals surface area contributed by atoms with Crippen LogP contribution in [-0.4, -0.2) is 36.2 Å². The highest BCUT2D eigenvalue weighted by Gasteiger charge is 2.20. The van der Waals surface area contributed by atoms with Crippen LogP contribution in [0.25, 0.3) is 0 Å². The molecule has 1 aromatic carbocycles. The van der Waals surface area contributed by atoms with Gasteiger partial charge in [0, 0.05) is 12.6 Å². The van der Waals surface area contributed by atoms with Crippen LogP contribution in [0.4, 0.5) is 20.2 Å². The van der Waals surface area contributed by atoms with Crippen molar-refractivity contribution in [1.29, 1.82) is 0 Å². The van der Waals surface area contributed by atoms with Gasteiger partial charge in [0.05, 0.1) is 18.1 Å². The first-order valence-electron chi connectivity index (χ1n) is 4.93. The highest BCUT2D eigenvalue weighted by molar-refractivity contribution is 5.63. The fraction of sp³-hybridized carbons (Fsp3) is 0.400. The van der Waals surface area contributed by atoms with Crippen molar-refractivity contribution in [1.82, 2.24) is 0 Å². The van der Waals surface area contributed by atoms with Crippen molar-refractivity contribution in [2.45, 2.75) is 6.43 Å². The Labute approximate surface area is 96.4 Å². The van der Waals surface area contributed by atoms with Crippen LogP contribution < -0.4 is 4.90 Å². The molecule has 1 rings (SSSR count). The number of anilines is 1. The maximum atomic E-state index is 12.3. The molecule has 0 fully saturated rings. The molecule has 0 aromatic heterocycles. The van der Waals surface area contributed by atoms with Crippen LogP contribution in [0.15, 0.2) is 24.3 Å². The van der Waals surface area contributed by atoms with Crippen molar-refractivity contribution in [3.63, 3.8) is 0 Å². The first-order valence-corrected chi connectivity index (χ1v) is 4.93. The molecule has 0 atom stereocenters. The predicted molar refractivity (Wildman–Crippen MR) is 58.4 cm³/mol.